The van der Waals surface area contributed by atoms with E-state index in [-0.39, 0.29) is 11.7 Å². The van der Waals surface area contributed by atoms with E-state index in [0.717, 1.165) is 11.1 Å². The smallest absolute Gasteiger partial charge is 0.253 e. The number of benzene rings is 1. The summed E-state index contributed by atoms with van der Waals surface area (Å²) in [7, 11) is -2.96. The molecule has 0 spiro atoms. The molecule has 1 aliphatic heterocycles. The standard InChI is InChI=1S/C18H22N4O3S/c1-26(24,25)10-9-21-5-7-22(8-6-21)18(23)16-4-2-3-15(11-16)17-12-19-14-20-13-17/h2-4,11-14H,5-10H2,1H3. The monoisotopic (exact) mass is 374 g/mol. The second kappa shape index (κ2) is 7.92. The zero-order valence-electron chi connectivity index (χ0n) is 14.7. The van der Waals surface area contributed by atoms with Crippen LogP contribution in [0.25, 0.3) is 11.1 Å². The van der Waals surface area contributed by atoms with Gasteiger partial charge in [-0.05, 0) is 17.7 Å². The molecule has 7 nitrogen and oxygen atoms in total. The van der Waals surface area contributed by atoms with E-state index in [2.05, 4.69) is 14.9 Å². The summed E-state index contributed by atoms with van der Waals surface area (Å²) in [5, 5.41) is 0. The van der Waals surface area contributed by atoms with Gasteiger partial charge in [-0.1, -0.05) is 12.1 Å². The third kappa shape index (κ3) is 4.86. The summed E-state index contributed by atoms with van der Waals surface area (Å²) < 4.78 is 22.6. The van der Waals surface area contributed by atoms with Gasteiger partial charge in [0.2, 0.25) is 0 Å². The van der Waals surface area contributed by atoms with Crippen LogP contribution in [0, 0.1) is 0 Å². The fraction of sp³-hybridized carbons (Fsp3) is 0.389. The molecule has 2 heterocycles. The minimum absolute atomic E-state index is 0.00791. The lowest BCUT2D eigenvalue weighted by molar-refractivity contribution is 0.0644. The van der Waals surface area contributed by atoms with E-state index in [1.807, 2.05) is 29.2 Å². The van der Waals surface area contributed by atoms with Gasteiger partial charge < -0.3 is 4.90 Å². The van der Waals surface area contributed by atoms with Crippen molar-refractivity contribution in [3.05, 3.63) is 48.5 Å². The molecule has 1 saturated heterocycles. The number of carbonyl (C=O) groups is 1. The van der Waals surface area contributed by atoms with Gasteiger partial charge in [0, 0.05) is 62.5 Å². The average molecular weight is 374 g/mol. The lowest BCUT2D eigenvalue weighted by Crippen LogP contribution is -2.49. The van der Waals surface area contributed by atoms with Crippen molar-refractivity contribution < 1.29 is 13.2 Å². The number of nitrogens with zero attached hydrogens (tertiary/aromatic N) is 4. The van der Waals surface area contributed by atoms with Crippen LogP contribution in [0.5, 0.6) is 0 Å². The summed E-state index contributed by atoms with van der Waals surface area (Å²) in [5.41, 5.74) is 2.41. The van der Waals surface area contributed by atoms with Gasteiger partial charge in [0.05, 0.1) is 5.75 Å². The molecule has 8 heteroatoms. The van der Waals surface area contributed by atoms with Crippen LogP contribution in [0.1, 0.15) is 10.4 Å². The molecule has 1 aromatic heterocycles. The third-order valence-electron chi connectivity index (χ3n) is 4.44. The topological polar surface area (TPSA) is 83.5 Å². The first-order valence-corrected chi connectivity index (χ1v) is 10.5. The lowest BCUT2D eigenvalue weighted by atomic mass is 10.0. The Morgan fingerprint density at radius 1 is 1.08 bits per heavy atom. The molecule has 0 aliphatic carbocycles. The zero-order valence-corrected chi connectivity index (χ0v) is 15.5. The first kappa shape index (κ1) is 18.5. The van der Waals surface area contributed by atoms with Gasteiger partial charge >= 0.3 is 0 Å². The molecule has 0 saturated carbocycles. The minimum atomic E-state index is -2.96. The molecule has 0 unspecified atom stereocenters. The number of hydrogen-bond donors (Lipinski definition) is 0. The number of hydrogen-bond acceptors (Lipinski definition) is 6. The molecule has 0 bridgehead atoms. The quantitative estimate of drug-likeness (QED) is 0.775. The molecule has 1 amide bonds. The molecule has 0 radical (unpaired) electrons. The molecule has 2 aromatic rings. The summed E-state index contributed by atoms with van der Waals surface area (Å²) >= 11 is 0. The highest BCUT2D eigenvalue weighted by Crippen LogP contribution is 2.19. The van der Waals surface area contributed by atoms with Crippen LogP contribution in [0.3, 0.4) is 0 Å². The molecule has 138 valence electrons. The van der Waals surface area contributed by atoms with Gasteiger partial charge in [-0.3, -0.25) is 9.69 Å². The molecular weight excluding hydrogens is 352 g/mol. The minimum Gasteiger partial charge on any atom is -0.336 e. The predicted molar refractivity (Wildman–Crippen MR) is 99.5 cm³/mol. The van der Waals surface area contributed by atoms with Crippen molar-refractivity contribution >= 4 is 15.7 Å². The third-order valence-corrected chi connectivity index (χ3v) is 5.37. The van der Waals surface area contributed by atoms with E-state index in [0.29, 0.717) is 38.3 Å². The van der Waals surface area contributed by atoms with Crippen LogP contribution in [-0.4, -0.2) is 78.8 Å². The molecular formula is C18H22N4O3S. The van der Waals surface area contributed by atoms with Gasteiger partial charge in [0.1, 0.15) is 16.2 Å². The summed E-state index contributed by atoms with van der Waals surface area (Å²) in [6, 6.07) is 7.46. The predicted octanol–water partition coefficient (Wildman–Crippen LogP) is 0.946. The summed E-state index contributed by atoms with van der Waals surface area (Å²) in [6.45, 7) is 3.09. The van der Waals surface area contributed by atoms with Crippen molar-refractivity contribution in [3.8, 4) is 11.1 Å². The number of sulfone groups is 1. The van der Waals surface area contributed by atoms with Crippen LogP contribution in [0.15, 0.2) is 43.0 Å². The molecule has 0 N–H and O–H groups in total. The maximum atomic E-state index is 12.8. The molecule has 1 aromatic carbocycles. The average Bonchev–Trinajstić information content (AvgIpc) is 2.66. The zero-order chi connectivity index (χ0) is 18.6. The fourth-order valence-corrected chi connectivity index (χ4v) is 3.52. The van der Waals surface area contributed by atoms with Gasteiger partial charge in [-0.15, -0.1) is 0 Å². The number of rotatable bonds is 5. The Kier molecular flexibility index (Phi) is 5.63. The molecule has 0 atom stereocenters. The number of carbonyl (C=O) groups excluding carboxylic acids is 1. The highest BCUT2D eigenvalue weighted by Gasteiger charge is 2.22. The Morgan fingerprint density at radius 3 is 2.42 bits per heavy atom. The van der Waals surface area contributed by atoms with Crippen LogP contribution < -0.4 is 0 Å². The second-order valence-electron chi connectivity index (χ2n) is 6.47. The first-order chi connectivity index (χ1) is 12.4. The van der Waals surface area contributed by atoms with Crippen molar-refractivity contribution in [1.82, 2.24) is 19.8 Å². The van der Waals surface area contributed by atoms with E-state index >= 15 is 0 Å². The fourth-order valence-electron chi connectivity index (χ4n) is 2.93. The van der Waals surface area contributed by atoms with Crippen LogP contribution in [0.4, 0.5) is 0 Å². The molecule has 1 fully saturated rings. The van der Waals surface area contributed by atoms with Crippen molar-refractivity contribution in [2.45, 2.75) is 0 Å². The Hall–Kier alpha value is -2.32. The van der Waals surface area contributed by atoms with E-state index in [4.69, 9.17) is 0 Å². The highest BCUT2D eigenvalue weighted by molar-refractivity contribution is 7.90. The van der Waals surface area contributed by atoms with Gasteiger partial charge in [0.15, 0.2) is 0 Å². The molecule has 3 rings (SSSR count). The summed E-state index contributed by atoms with van der Waals surface area (Å²) in [6.07, 6.45) is 6.16. The van der Waals surface area contributed by atoms with Gasteiger partial charge in [-0.2, -0.15) is 0 Å². The Balaban J connectivity index is 1.62. The number of aromatic nitrogens is 2. The van der Waals surface area contributed by atoms with E-state index in [9.17, 15) is 13.2 Å². The van der Waals surface area contributed by atoms with Crippen LogP contribution in [-0.2, 0) is 9.84 Å². The SMILES string of the molecule is CS(=O)(=O)CCN1CCN(C(=O)c2cccc(-c3cncnc3)c2)CC1. The van der Waals surface area contributed by atoms with Gasteiger partial charge in [-0.25, -0.2) is 18.4 Å². The molecule has 1 aliphatic rings. The number of piperazine rings is 1. The summed E-state index contributed by atoms with van der Waals surface area (Å²) in [4.78, 5) is 24.7. The van der Waals surface area contributed by atoms with Crippen LogP contribution >= 0.6 is 0 Å². The van der Waals surface area contributed by atoms with Crippen molar-refractivity contribution in [2.75, 3.05) is 44.7 Å². The largest absolute Gasteiger partial charge is 0.336 e. The van der Waals surface area contributed by atoms with E-state index in [1.165, 1.54) is 12.6 Å². The highest BCUT2D eigenvalue weighted by atomic mass is 32.2. The van der Waals surface area contributed by atoms with E-state index < -0.39 is 9.84 Å². The van der Waals surface area contributed by atoms with Crippen molar-refractivity contribution in [2.24, 2.45) is 0 Å². The summed E-state index contributed by atoms with van der Waals surface area (Å²) in [5.74, 6) is 0.147. The van der Waals surface area contributed by atoms with Crippen molar-refractivity contribution in [3.63, 3.8) is 0 Å². The Labute approximate surface area is 153 Å². The maximum Gasteiger partial charge on any atom is 0.253 e. The lowest BCUT2D eigenvalue weighted by Gasteiger charge is -2.34. The Morgan fingerprint density at radius 2 is 1.77 bits per heavy atom. The maximum absolute atomic E-state index is 12.8. The molecule has 26 heavy (non-hydrogen) atoms. The van der Waals surface area contributed by atoms with Crippen LogP contribution in [0.2, 0.25) is 0 Å². The Bertz CT molecular complexity index is 863. The first-order valence-electron chi connectivity index (χ1n) is 8.47. The number of amides is 1. The second-order valence-corrected chi connectivity index (χ2v) is 8.73. The van der Waals surface area contributed by atoms with Crippen molar-refractivity contribution in [1.29, 1.82) is 0 Å². The van der Waals surface area contributed by atoms with E-state index in [1.54, 1.807) is 12.4 Å². The van der Waals surface area contributed by atoms with Gasteiger partial charge in [0.25, 0.3) is 5.91 Å². The normalized spacial score (nSPS) is 15.8.